The molecule has 7 heteroatoms. The number of benzene rings is 2. The van der Waals surface area contributed by atoms with E-state index in [2.05, 4.69) is 6.92 Å². The van der Waals surface area contributed by atoms with Crippen LogP contribution in [-0.2, 0) is 6.61 Å². The van der Waals surface area contributed by atoms with E-state index >= 15 is 0 Å². The molecule has 0 bridgehead atoms. The van der Waals surface area contributed by atoms with Crippen LogP contribution in [0.4, 0.5) is 0 Å². The predicted molar refractivity (Wildman–Crippen MR) is 120 cm³/mol. The molecule has 0 aliphatic carbocycles. The molecular weight excluding hydrogens is 404 g/mol. The van der Waals surface area contributed by atoms with Crippen LogP contribution in [0.3, 0.4) is 0 Å². The van der Waals surface area contributed by atoms with E-state index in [9.17, 15) is 4.79 Å². The number of halogens is 1. The molecule has 0 aromatic heterocycles. The summed E-state index contributed by atoms with van der Waals surface area (Å²) in [5.74, 6) is 1.94. The van der Waals surface area contributed by atoms with Crippen LogP contribution in [0, 0.1) is 5.92 Å². The Balaban J connectivity index is 0.00000320. The van der Waals surface area contributed by atoms with Crippen molar-refractivity contribution in [3.05, 3.63) is 53.6 Å². The van der Waals surface area contributed by atoms with Gasteiger partial charge >= 0.3 is 0 Å². The van der Waals surface area contributed by atoms with Gasteiger partial charge in [-0.1, -0.05) is 37.3 Å². The largest absolute Gasteiger partial charge is 0.493 e. The molecule has 1 amide bonds. The van der Waals surface area contributed by atoms with Crippen LogP contribution in [0.5, 0.6) is 17.2 Å². The molecule has 0 radical (unpaired) electrons. The van der Waals surface area contributed by atoms with Crippen molar-refractivity contribution >= 4 is 18.3 Å². The number of piperidine rings is 1. The van der Waals surface area contributed by atoms with Crippen LogP contribution >= 0.6 is 12.4 Å². The third-order valence-electron chi connectivity index (χ3n) is 5.44. The van der Waals surface area contributed by atoms with E-state index in [0.717, 1.165) is 18.4 Å². The molecule has 2 N–H and O–H groups in total. The Bertz CT molecular complexity index is 806. The van der Waals surface area contributed by atoms with Gasteiger partial charge in [-0.15, -0.1) is 12.4 Å². The van der Waals surface area contributed by atoms with Crippen LogP contribution in [-0.4, -0.2) is 44.2 Å². The molecule has 1 aliphatic rings. The zero-order valence-electron chi connectivity index (χ0n) is 17.8. The number of hydrogen-bond acceptors (Lipinski definition) is 5. The number of carbonyl (C=O) groups excluding carboxylic acids is 1. The molecule has 6 nitrogen and oxygen atoms in total. The molecule has 0 spiro atoms. The van der Waals surface area contributed by atoms with Crippen molar-refractivity contribution in [2.45, 2.75) is 32.4 Å². The van der Waals surface area contributed by atoms with Gasteiger partial charge in [-0.25, -0.2) is 0 Å². The van der Waals surface area contributed by atoms with Crippen molar-refractivity contribution in [3.8, 4) is 17.2 Å². The van der Waals surface area contributed by atoms with Gasteiger partial charge in [-0.05, 0) is 36.5 Å². The zero-order chi connectivity index (χ0) is 20.8. The number of nitrogens with zero attached hydrogens (tertiary/aromatic N) is 1. The van der Waals surface area contributed by atoms with Gasteiger partial charge in [0.05, 0.1) is 14.2 Å². The smallest absolute Gasteiger partial charge is 0.254 e. The van der Waals surface area contributed by atoms with Crippen LogP contribution in [0.2, 0.25) is 0 Å². The summed E-state index contributed by atoms with van der Waals surface area (Å²) in [5.41, 5.74) is 7.48. The van der Waals surface area contributed by atoms with Gasteiger partial charge in [-0.2, -0.15) is 0 Å². The van der Waals surface area contributed by atoms with E-state index in [1.54, 1.807) is 26.4 Å². The molecule has 30 heavy (non-hydrogen) atoms. The lowest BCUT2D eigenvalue weighted by molar-refractivity contribution is 0.0572. The number of likely N-dealkylation sites (tertiary alicyclic amines) is 1. The van der Waals surface area contributed by atoms with Crippen molar-refractivity contribution in [1.29, 1.82) is 0 Å². The van der Waals surface area contributed by atoms with Crippen molar-refractivity contribution in [2.24, 2.45) is 11.7 Å². The maximum absolute atomic E-state index is 13.2. The Labute approximate surface area is 184 Å². The highest BCUT2D eigenvalue weighted by atomic mass is 35.5. The van der Waals surface area contributed by atoms with Crippen LogP contribution < -0.4 is 19.9 Å². The van der Waals surface area contributed by atoms with Gasteiger partial charge in [0, 0.05) is 24.7 Å². The maximum Gasteiger partial charge on any atom is 0.254 e. The summed E-state index contributed by atoms with van der Waals surface area (Å²) < 4.78 is 17.0. The van der Waals surface area contributed by atoms with E-state index in [1.807, 2.05) is 35.2 Å². The highest BCUT2D eigenvalue weighted by Crippen LogP contribution is 2.39. The highest BCUT2D eigenvalue weighted by molar-refractivity contribution is 5.96. The minimum atomic E-state index is -0.0569. The molecule has 0 saturated carbocycles. The Morgan fingerprint density at radius 1 is 1.13 bits per heavy atom. The first-order chi connectivity index (χ1) is 14.1. The molecule has 1 aliphatic heterocycles. The average Bonchev–Trinajstić information content (AvgIpc) is 2.77. The van der Waals surface area contributed by atoms with Crippen molar-refractivity contribution in [3.63, 3.8) is 0 Å². The first kappa shape index (κ1) is 23.8. The number of ether oxygens (including phenoxy) is 3. The summed E-state index contributed by atoms with van der Waals surface area (Å²) in [6.45, 7) is 3.75. The number of nitrogens with two attached hydrogens (primary N) is 1. The fraction of sp³-hybridized carbons (Fsp3) is 0.435. The highest BCUT2D eigenvalue weighted by Gasteiger charge is 2.30. The fourth-order valence-electron chi connectivity index (χ4n) is 3.78. The van der Waals surface area contributed by atoms with E-state index in [0.29, 0.717) is 48.4 Å². The predicted octanol–water partition coefficient (Wildman–Crippen LogP) is 3.90. The van der Waals surface area contributed by atoms with Gasteiger partial charge in [0.15, 0.2) is 11.5 Å². The molecule has 3 rings (SSSR count). The lowest BCUT2D eigenvalue weighted by Crippen LogP contribution is -2.49. The Morgan fingerprint density at radius 3 is 2.33 bits per heavy atom. The normalized spacial score (nSPS) is 18.3. The second-order valence-corrected chi connectivity index (χ2v) is 7.50. The van der Waals surface area contributed by atoms with Gasteiger partial charge in [-0.3, -0.25) is 4.79 Å². The lowest BCUT2D eigenvalue weighted by atomic mass is 9.92. The Hall–Kier alpha value is -2.44. The summed E-state index contributed by atoms with van der Waals surface area (Å²) >= 11 is 0. The minimum Gasteiger partial charge on any atom is -0.493 e. The standard InChI is InChI=1S/C23H30N2O4.ClH/c1-16-9-10-25(19(11-16)14-24)23(26)18-12-20(27-2)22(21(13-18)28-3)29-15-17-7-5-4-6-8-17;/h4-8,12-13,16,19H,9-11,14-15,24H2,1-3H3;1H. The van der Waals surface area contributed by atoms with E-state index in [1.165, 1.54) is 0 Å². The molecule has 2 unspecified atom stereocenters. The van der Waals surface area contributed by atoms with Crippen LogP contribution in [0.15, 0.2) is 42.5 Å². The summed E-state index contributed by atoms with van der Waals surface area (Å²) in [6, 6.07) is 13.3. The maximum atomic E-state index is 13.2. The number of hydrogen-bond donors (Lipinski definition) is 1. The SMILES string of the molecule is COc1cc(C(=O)N2CCC(C)CC2CN)cc(OC)c1OCc1ccccc1.Cl. The Morgan fingerprint density at radius 2 is 1.77 bits per heavy atom. The van der Waals surface area contributed by atoms with Crippen LogP contribution in [0.1, 0.15) is 35.7 Å². The fourth-order valence-corrected chi connectivity index (χ4v) is 3.78. The van der Waals surface area contributed by atoms with E-state index in [4.69, 9.17) is 19.9 Å². The van der Waals surface area contributed by atoms with Crippen molar-refractivity contribution < 1.29 is 19.0 Å². The van der Waals surface area contributed by atoms with E-state index in [-0.39, 0.29) is 24.4 Å². The minimum absolute atomic E-state index is 0. The van der Waals surface area contributed by atoms with Gasteiger partial charge in [0.1, 0.15) is 6.61 Å². The van der Waals surface area contributed by atoms with E-state index < -0.39 is 0 Å². The summed E-state index contributed by atoms with van der Waals surface area (Å²) in [4.78, 5) is 15.1. The molecule has 164 valence electrons. The van der Waals surface area contributed by atoms with Gasteiger partial charge < -0.3 is 24.8 Å². The number of rotatable bonds is 7. The topological polar surface area (TPSA) is 74.0 Å². The monoisotopic (exact) mass is 434 g/mol. The number of amides is 1. The molecule has 1 fully saturated rings. The first-order valence-corrected chi connectivity index (χ1v) is 10.0. The quantitative estimate of drug-likeness (QED) is 0.715. The summed E-state index contributed by atoms with van der Waals surface area (Å²) in [6.07, 6.45) is 1.91. The Kier molecular flexibility index (Phi) is 8.81. The third-order valence-corrected chi connectivity index (χ3v) is 5.44. The molecule has 2 atom stereocenters. The summed E-state index contributed by atoms with van der Waals surface area (Å²) in [5, 5.41) is 0. The van der Waals surface area contributed by atoms with Crippen molar-refractivity contribution in [1.82, 2.24) is 4.90 Å². The van der Waals surface area contributed by atoms with Crippen LogP contribution in [0.25, 0.3) is 0 Å². The third kappa shape index (κ3) is 5.37. The molecular formula is C23H31ClN2O4. The van der Waals surface area contributed by atoms with Gasteiger partial charge in [0.25, 0.3) is 5.91 Å². The van der Waals surface area contributed by atoms with Gasteiger partial charge in [0.2, 0.25) is 5.75 Å². The lowest BCUT2D eigenvalue weighted by Gasteiger charge is -2.38. The number of carbonyl (C=O) groups is 1. The second-order valence-electron chi connectivity index (χ2n) is 7.50. The average molecular weight is 435 g/mol. The molecule has 1 heterocycles. The van der Waals surface area contributed by atoms with Crippen molar-refractivity contribution in [2.75, 3.05) is 27.3 Å². The first-order valence-electron chi connectivity index (χ1n) is 10.0. The summed E-state index contributed by atoms with van der Waals surface area (Å²) in [7, 11) is 3.12. The molecule has 2 aromatic rings. The zero-order valence-corrected chi connectivity index (χ0v) is 18.6. The number of methoxy groups -OCH3 is 2. The molecule has 2 aromatic carbocycles. The second kappa shape index (κ2) is 11.1. The molecule has 1 saturated heterocycles.